The van der Waals surface area contributed by atoms with Crippen LogP contribution >= 0.6 is 0 Å². The number of anilines is 1. The fourth-order valence-corrected chi connectivity index (χ4v) is 1.40. The van der Waals surface area contributed by atoms with Crippen molar-refractivity contribution in [1.82, 2.24) is 5.32 Å². The van der Waals surface area contributed by atoms with Crippen LogP contribution in [-0.4, -0.2) is 23.2 Å². The first-order valence-electron chi connectivity index (χ1n) is 5.23. The van der Waals surface area contributed by atoms with Crippen molar-refractivity contribution < 1.29 is 9.90 Å². The molecule has 0 aliphatic carbocycles. The zero-order valence-electron chi connectivity index (χ0n) is 9.66. The molecule has 88 valence electrons. The molecule has 4 nitrogen and oxygen atoms in total. The average molecular weight is 222 g/mol. The van der Waals surface area contributed by atoms with Crippen molar-refractivity contribution in [2.24, 2.45) is 0 Å². The smallest absolute Gasteiger partial charge is 0.251 e. The highest BCUT2D eigenvalue weighted by atomic mass is 16.3. The van der Waals surface area contributed by atoms with Crippen molar-refractivity contribution in [3.8, 4) is 0 Å². The second-order valence-electron chi connectivity index (χ2n) is 4.44. The molecular formula is C12H18N2O2. The minimum absolute atomic E-state index is 0.0458. The van der Waals surface area contributed by atoms with Gasteiger partial charge in [-0.05, 0) is 38.5 Å². The Balaban J connectivity index is 2.72. The first-order chi connectivity index (χ1) is 7.44. The lowest BCUT2D eigenvalue weighted by molar-refractivity contribution is 0.0899. The van der Waals surface area contributed by atoms with Gasteiger partial charge < -0.3 is 16.2 Å². The van der Waals surface area contributed by atoms with Crippen molar-refractivity contribution in [2.45, 2.75) is 25.8 Å². The summed E-state index contributed by atoms with van der Waals surface area (Å²) in [4.78, 5) is 11.8. The maximum atomic E-state index is 11.8. The lowest BCUT2D eigenvalue weighted by atomic mass is 10.0. The largest absolute Gasteiger partial charge is 0.399 e. The molecule has 0 atom stereocenters. The number of carbonyl (C=O) groups is 1. The molecule has 16 heavy (non-hydrogen) atoms. The van der Waals surface area contributed by atoms with Gasteiger partial charge in [0.25, 0.3) is 5.91 Å². The van der Waals surface area contributed by atoms with Crippen molar-refractivity contribution in [2.75, 3.05) is 12.3 Å². The summed E-state index contributed by atoms with van der Waals surface area (Å²) in [5.41, 5.74) is 6.27. The van der Waals surface area contributed by atoms with Crippen LogP contribution in [0.1, 0.15) is 30.6 Å². The SMILES string of the molecule is CC(C)(CCO)NC(=O)c1cccc(N)c1. The van der Waals surface area contributed by atoms with Crippen LogP contribution < -0.4 is 11.1 Å². The molecule has 0 spiro atoms. The van der Waals surface area contributed by atoms with Gasteiger partial charge in [-0.25, -0.2) is 0 Å². The Morgan fingerprint density at radius 2 is 2.19 bits per heavy atom. The van der Waals surface area contributed by atoms with E-state index in [-0.39, 0.29) is 12.5 Å². The zero-order chi connectivity index (χ0) is 12.2. The van der Waals surface area contributed by atoms with Gasteiger partial charge in [0.05, 0.1) is 0 Å². The van der Waals surface area contributed by atoms with Gasteiger partial charge in [0.1, 0.15) is 0 Å². The quantitative estimate of drug-likeness (QED) is 0.669. The minimum Gasteiger partial charge on any atom is -0.399 e. The van der Waals surface area contributed by atoms with Gasteiger partial charge in [-0.1, -0.05) is 6.07 Å². The van der Waals surface area contributed by atoms with Crippen LogP contribution in [0, 0.1) is 0 Å². The molecular weight excluding hydrogens is 204 g/mol. The molecule has 1 rings (SSSR count). The molecule has 0 unspecified atom stereocenters. The number of nitrogens with two attached hydrogens (primary N) is 1. The Hall–Kier alpha value is -1.55. The van der Waals surface area contributed by atoms with E-state index >= 15 is 0 Å². The first kappa shape index (κ1) is 12.5. The summed E-state index contributed by atoms with van der Waals surface area (Å²) in [7, 11) is 0. The van der Waals surface area contributed by atoms with Gasteiger partial charge >= 0.3 is 0 Å². The predicted molar refractivity (Wildman–Crippen MR) is 64.1 cm³/mol. The lowest BCUT2D eigenvalue weighted by Gasteiger charge is -2.25. The number of aliphatic hydroxyl groups is 1. The van der Waals surface area contributed by atoms with E-state index in [0.29, 0.717) is 17.7 Å². The standard InChI is InChI=1S/C12H18N2O2/c1-12(2,6-7-15)14-11(16)9-4-3-5-10(13)8-9/h3-5,8,15H,6-7,13H2,1-2H3,(H,14,16). The first-order valence-corrected chi connectivity index (χ1v) is 5.23. The van der Waals surface area contributed by atoms with Gasteiger partial charge in [0.15, 0.2) is 0 Å². The van der Waals surface area contributed by atoms with E-state index in [1.54, 1.807) is 24.3 Å². The van der Waals surface area contributed by atoms with E-state index in [1.807, 2.05) is 13.8 Å². The molecule has 0 radical (unpaired) electrons. The molecule has 4 heteroatoms. The van der Waals surface area contributed by atoms with Crippen molar-refractivity contribution in [3.05, 3.63) is 29.8 Å². The number of benzene rings is 1. The van der Waals surface area contributed by atoms with Crippen LogP contribution in [0.2, 0.25) is 0 Å². The monoisotopic (exact) mass is 222 g/mol. The van der Waals surface area contributed by atoms with Crippen molar-refractivity contribution in [3.63, 3.8) is 0 Å². The second kappa shape index (κ2) is 4.99. The Kier molecular flexibility index (Phi) is 3.90. The Morgan fingerprint density at radius 3 is 2.75 bits per heavy atom. The molecule has 1 amide bonds. The molecule has 1 aromatic carbocycles. The van der Waals surface area contributed by atoms with E-state index < -0.39 is 5.54 Å². The Bertz CT molecular complexity index is 375. The van der Waals surface area contributed by atoms with E-state index in [9.17, 15) is 4.79 Å². The van der Waals surface area contributed by atoms with Crippen molar-refractivity contribution >= 4 is 11.6 Å². The van der Waals surface area contributed by atoms with Crippen molar-refractivity contribution in [1.29, 1.82) is 0 Å². The summed E-state index contributed by atoms with van der Waals surface area (Å²) in [6.45, 7) is 3.78. The molecule has 0 saturated heterocycles. The van der Waals surface area contributed by atoms with Gasteiger partial charge in [0, 0.05) is 23.4 Å². The number of nitrogens with one attached hydrogen (secondary N) is 1. The maximum Gasteiger partial charge on any atom is 0.251 e. The van der Waals surface area contributed by atoms with E-state index in [4.69, 9.17) is 10.8 Å². The van der Waals surface area contributed by atoms with Gasteiger partial charge in [-0.3, -0.25) is 4.79 Å². The summed E-state index contributed by atoms with van der Waals surface area (Å²) in [5.74, 6) is -0.175. The Morgan fingerprint density at radius 1 is 1.50 bits per heavy atom. The normalized spacial score (nSPS) is 11.2. The number of rotatable bonds is 4. The fraction of sp³-hybridized carbons (Fsp3) is 0.417. The number of hydrogen-bond acceptors (Lipinski definition) is 3. The van der Waals surface area contributed by atoms with Crippen LogP contribution in [0.3, 0.4) is 0 Å². The average Bonchev–Trinajstić information content (AvgIpc) is 2.16. The molecule has 0 aromatic heterocycles. The molecule has 0 bridgehead atoms. The highest BCUT2D eigenvalue weighted by molar-refractivity contribution is 5.95. The molecule has 0 fully saturated rings. The van der Waals surface area contributed by atoms with Gasteiger partial charge in [0.2, 0.25) is 0 Å². The van der Waals surface area contributed by atoms with E-state index in [1.165, 1.54) is 0 Å². The van der Waals surface area contributed by atoms with Crippen LogP contribution in [0.15, 0.2) is 24.3 Å². The number of amides is 1. The zero-order valence-corrected chi connectivity index (χ0v) is 9.66. The fourth-order valence-electron chi connectivity index (χ4n) is 1.40. The summed E-state index contributed by atoms with van der Waals surface area (Å²) in [6.07, 6.45) is 0.515. The molecule has 1 aromatic rings. The van der Waals surface area contributed by atoms with Gasteiger partial charge in [-0.2, -0.15) is 0 Å². The summed E-state index contributed by atoms with van der Waals surface area (Å²) < 4.78 is 0. The number of carbonyl (C=O) groups excluding carboxylic acids is 1. The van der Waals surface area contributed by atoms with E-state index in [2.05, 4.69) is 5.32 Å². The van der Waals surface area contributed by atoms with E-state index in [0.717, 1.165) is 0 Å². The number of nitrogen functional groups attached to an aromatic ring is 1. The molecule has 0 aliphatic heterocycles. The maximum absolute atomic E-state index is 11.8. The Labute approximate surface area is 95.5 Å². The predicted octanol–water partition coefficient (Wildman–Crippen LogP) is 1.16. The number of aliphatic hydroxyl groups excluding tert-OH is 1. The third-order valence-electron chi connectivity index (χ3n) is 2.34. The van der Waals surface area contributed by atoms with Crippen LogP contribution in [0.25, 0.3) is 0 Å². The third kappa shape index (κ3) is 3.55. The molecule has 0 aliphatic rings. The highest BCUT2D eigenvalue weighted by Gasteiger charge is 2.20. The summed E-state index contributed by atoms with van der Waals surface area (Å²) >= 11 is 0. The molecule has 0 heterocycles. The minimum atomic E-state index is -0.420. The topological polar surface area (TPSA) is 75.3 Å². The van der Waals surface area contributed by atoms with Crippen LogP contribution in [-0.2, 0) is 0 Å². The molecule has 0 saturated carbocycles. The second-order valence-corrected chi connectivity index (χ2v) is 4.44. The van der Waals surface area contributed by atoms with Crippen LogP contribution in [0.4, 0.5) is 5.69 Å². The highest BCUT2D eigenvalue weighted by Crippen LogP contribution is 2.11. The summed E-state index contributed by atoms with van der Waals surface area (Å²) in [5, 5.41) is 11.7. The van der Waals surface area contributed by atoms with Gasteiger partial charge in [-0.15, -0.1) is 0 Å². The number of hydrogen-bond donors (Lipinski definition) is 3. The third-order valence-corrected chi connectivity index (χ3v) is 2.34. The van der Waals surface area contributed by atoms with Crippen LogP contribution in [0.5, 0.6) is 0 Å². The molecule has 4 N–H and O–H groups in total. The lowest BCUT2D eigenvalue weighted by Crippen LogP contribution is -2.44. The summed E-state index contributed by atoms with van der Waals surface area (Å²) in [6, 6.07) is 6.81.